The monoisotopic (exact) mass is 392 g/mol. The molecule has 0 saturated carbocycles. The zero-order valence-corrected chi connectivity index (χ0v) is 16.4. The molecule has 0 unspecified atom stereocenters. The quantitative estimate of drug-likeness (QED) is 0.490. The first-order chi connectivity index (χ1) is 14.0. The third-order valence-corrected chi connectivity index (χ3v) is 5.51. The SMILES string of the molecule is Cc1cc(F)c2nc(-c3cc4ccc(N5CCN(C)CC5)cc4oc3=O)cn2c1. The fourth-order valence-electron chi connectivity index (χ4n) is 3.86. The number of hydrogen-bond acceptors (Lipinski definition) is 5. The largest absolute Gasteiger partial charge is 0.422 e. The van der Waals surface area contributed by atoms with Crippen molar-refractivity contribution in [2.24, 2.45) is 0 Å². The third kappa shape index (κ3) is 3.17. The van der Waals surface area contributed by atoms with Crippen LogP contribution in [0.2, 0.25) is 0 Å². The van der Waals surface area contributed by atoms with E-state index >= 15 is 0 Å². The molecule has 3 aromatic heterocycles. The summed E-state index contributed by atoms with van der Waals surface area (Å²) in [6.07, 6.45) is 3.43. The summed E-state index contributed by atoms with van der Waals surface area (Å²) in [7, 11) is 2.12. The predicted molar refractivity (Wildman–Crippen MR) is 111 cm³/mol. The van der Waals surface area contributed by atoms with Crippen molar-refractivity contribution in [3.8, 4) is 11.3 Å². The number of piperazine rings is 1. The average Bonchev–Trinajstić information content (AvgIpc) is 3.11. The van der Waals surface area contributed by atoms with Gasteiger partial charge in [0.15, 0.2) is 11.5 Å². The van der Waals surface area contributed by atoms with Crippen LogP contribution < -0.4 is 10.5 Å². The molecule has 1 aromatic carbocycles. The Morgan fingerprint density at radius 1 is 1.07 bits per heavy atom. The first-order valence-electron chi connectivity index (χ1n) is 9.64. The normalized spacial score (nSPS) is 15.5. The molecule has 1 saturated heterocycles. The number of fused-ring (bicyclic) bond motifs is 2. The van der Waals surface area contributed by atoms with Gasteiger partial charge in [-0.15, -0.1) is 0 Å². The van der Waals surface area contributed by atoms with Crippen molar-refractivity contribution in [3.05, 3.63) is 64.5 Å². The molecule has 0 spiro atoms. The first-order valence-corrected chi connectivity index (χ1v) is 9.64. The van der Waals surface area contributed by atoms with Crippen molar-refractivity contribution < 1.29 is 8.81 Å². The Balaban J connectivity index is 1.56. The topological polar surface area (TPSA) is 54.0 Å². The van der Waals surface area contributed by atoms with Gasteiger partial charge in [0.25, 0.3) is 0 Å². The van der Waals surface area contributed by atoms with Gasteiger partial charge in [0.1, 0.15) is 5.58 Å². The Labute approximate surface area is 166 Å². The van der Waals surface area contributed by atoms with Crippen molar-refractivity contribution in [1.82, 2.24) is 14.3 Å². The Morgan fingerprint density at radius 2 is 1.86 bits per heavy atom. The highest BCUT2D eigenvalue weighted by Gasteiger charge is 2.17. The molecule has 1 aliphatic rings. The Hall–Kier alpha value is -3.19. The van der Waals surface area contributed by atoms with Gasteiger partial charge >= 0.3 is 5.63 Å². The summed E-state index contributed by atoms with van der Waals surface area (Å²) in [6, 6.07) is 9.11. The molecular weight excluding hydrogens is 371 g/mol. The molecule has 29 heavy (non-hydrogen) atoms. The molecule has 0 aliphatic carbocycles. The molecule has 0 amide bonds. The fourth-order valence-corrected chi connectivity index (χ4v) is 3.86. The van der Waals surface area contributed by atoms with Gasteiger partial charge in [-0.2, -0.15) is 0 Å². The molecule has 0 radical (unpaired) electrons. The van der Waals surface area contributed by atoms with Gasteiger partial charge in [-0.3, -0.25) is 0 Å². The Morgan fingerprint density at radius 3 is 2.66 bits per heavy atom. The van der Waals surface area contributed by atoms with Crippen molar-refractivity contribution in [3.63, 3.8) is 0 Å². The van der Waals surface area contributed by atoms with E-state index in [9.17, 15) is 9.18 Å². The van der Waals surface area contributed by atoms with Crippen LogP contribution in [-0.4, -0.2) is 47.5 Å². The minimum atomic E-state index is -0.478. The second-order valence-corrected chi connectivity index (χ2v) is 7.68. The van der Waals surface area contributed by atoms with Gasteiger partial charge in [-0.05, 0) is 43.8 Å². The molecule has 0 bridgehead atoms. The number of aryl methyl sites for hydroxylation is 1. The van der Waals surface area contributed by atoms with Crippen LogP contribution in [0.5, 0.6) is 0 Å². The Bertz CT molecular complexity index is 1290. The maximum absolute atomic E-state index is 14.2. The molecule has 0 atom stereocenters. The maximum Gasteiger partial charge on any atom is 0.345 e. The highest BCUT2D eigenvalue weighted by atomic mass is 19.1. The summed E-state index contributed by atoms with van der Waals surface area (Å²) < 4.78 is 21.4. The summed E-state index contributed by atoms with van der Waals surface area (Å²) in [4.78, 5) is 21.6. The van der Waals surface area contributed by atoms with Crippen LogP contribution in [0.4, 0.5) is 10.1 Å². The number of hydrogen-bond donors (Lipinski definition) is 0. The average molecular weight is 392 g/mol. The zero-order chi connectivity index (χ0) is 20.1. The van der Waals surface area contributed by atoms with Gasteiger partial charge in [0.2, 0.25) is 0 Å². The van der Waals surface area contributed by atoms with E-state index in [1.54, 1.807) is 22.9 Å². The van der Waals surface area contributed by atoms with Gasteiger partial charge in [0.05, 0.1) is 11.3 Å². The zero-order valence-electron chi connectivity index (χ0n) is 16.4. The lowest BCUT2D eigenvalue weighted by Crippen LogP contribution is -2.44. The Kier molecular flexibility index (Phi) is 4.13. The fraction of sp³-hybridized carbons (Fsp3) is 0.273. The lowest BCUT2D eigenvalue weighted by atomic mass is 10.1. The molecule has 148 valence electrons. The molecule has 1 fully saturated rings. The van der Waals surface area contributed by atoms with Crippen LogP contribution in [-0.2, 0) is 0 Å². The molecule has 5 rings (SSSR count). The number of pyridine rings is 1. The number of imidazole rings is 1. The van der Waals surface area contributed by atoms with E-state index in [0.717, 1.165) is 42.8 Å². The summed E-state index contributed by atoms with van der Waals surface area (Å²) in [5.41, 5.74) is 2.80. The van der Waals surface area contributed by atoms with Crippen LogP contribution in [0.25, 0.3) is 27.9 Å². The van der Waals surface area contributed by atoms with Crippen molar-refractivity contribution in [2.45, 2.75) is 6.92 Å². The van der Waals surface area contributed by atoms with Gasteiger partial charge in [-0.1, -0.05) is 0 Å². The molecular formula is C22H21FN4O2. The number of benzene rings is 1. The molecule has 7 heteroatoms. The second kappa shape index (κ2) is 6.70. The van der Waals surface area contributed by atoms with Crippen LogP contribution in [0.3, 0.4) is 0 Å². The van der Waals surface area contributed by atoms with Gasteiger partial charge in [-0.25, -0.2) is 14.2 Å². The lowest BCUT2D eigenvalue weighted by Gasteiger charge is -2.34. The smallest absolute Gasteiger partial charge is 0.345 e. The number of nitrogens with zero attached hydrogens (tertiary/aromatic N) is 4. The van der Waals surface area contributed by atoms with E-state index in [1.165, 1.54) is 6.07 Å². The summed E-state index contributed by atoms with van der Waals surface area (Å²) in [5.74, 6) is -0.418. The summed E-state index contributed by atoms with van der Waals surface area (Å²) in [6.45, 7) is 5.70. The number of halogens is 1. The van der Waals surface area contributed by atoms with E-state index in [-0.39, 0.29) is 5.65 Å². The maximum atomic E-state index is 14.2. The van der Waals surface area contributed by atoms with Crippen LogP contribution in [0, 0.1) is 12.7 Å². The van der Waals surface area contributed by atoms with Crippen molar-refractivity contribution in [1.29, 1.82) is 0 Å². The van der Waals surface area contributed by atoms with E-state index in [4.69, 9.17) is 4.42 Å². The number of anilines is 1. The van der Waals surface area contributed by atoms with E-state index in [0.29, 0.717) is 16.8 Å². The molecule has 6 nitrogen and oxygen atoms in total. The minimum absolute atomic E-state index is 0.190. The number of likely N-dealkylation sites (N-methyl/N-ethyl adjacent to an activating group) is 1. The minimum Gasteiger partial charge on any atom is -0.422 e. The van der Waals surface area contributed by atoms with Crippen molar-refractivity contribution in [2.75, 3.05) is 38.1 Å². The van der Waals surface area contributed by atoms with Crippen LogP contribution >= 0.6 is 0 Å². The lowest BCUT2D eigenvalue weighted by molar-refractivity contribution is 0.313. The second-order valence-electron chi connectivity index (χ2n) is 7.68. The number of rotatable bonds is 2. The molecule has 4 heterocycles. The summed E-state index contributed by atoms with van der Waals surface area (Å²) >= 11 is 0. The number of aromatic nitrogens is 2. The molecule has 1 aliphatic heterocycles. The van der Waals surface area contributed by atoms with Gasteiger partial charge < -0.3 is 18.6 Å². The molecule has 0 N–H and O–H groups in total. The molecule has 4 aromatic rings. The van der Waals surface area contributed by atoms with Crippen LogP contribution in [0.1, 0.15) is 5.56 Å². The highest BCUT2D eigenvalue weighted by Crippen LogP contribution is 2.26. The van der Waals surface area contributed by atoms with E-state index in [2.05, 4.69) is 21.8 Å². The van der Waals surface area contributed by atoms with Gasteiger partial charge in [0, 0.05) is 55.7 Å². The summed E-state index contributed by atoms with van der Waals surface area (Å²) in [5, 5.41) is 0.811. The predicted octanol–water partition coefficient (Wildman–Crippen LogP) is 3.31. The van der Waals surface area contributed by atoms with Crippen molar-refractivity contribution >= 4 is 22.3 Å². The van der Waals surface area contributed by atoms with Crippen LogP contribution in [0.15, 0.2) is 51.9 Å². The third-order valence-electron chi connectivity index (χ3n) is 5.51. The van der Waals surface area contributed by atoms with E-state index < -0.39 is 11.4 Å². The van der Waals surface area contributed by atoms with E-state index in [1.807, 2.05) is 25.1 Å². The standard InChI is InChI=1S/C22H21FN4O2/c1-14-9-18(23)21-24-19(13-27(21)12-14)17-10-15-3-4-16(11-20(15)29-22(17)28)26-7-5-25(2)6-8-26/h3-4,9-13H,5-8H2,1-2H3. The first kappa shape index (κ1) is 17.9. The highest BCUT2D eigenvalue weighted by molar-refractivity contribution is 5.84.